The average molecular weight is 615 g/mol. The van der Waals surface area contributed by atoms with Crippen LogP contribution < -0.4 is 9.62 Å². The van der Waals surface area contributed by atoms with Crippen molar-refractivity contribution in [3.63, 3.8) is 0 Å². The third-order valence-electron chi connectivity index (χ3n) is 6.39. The van der Waals surface area contributed by atoms with Crippen molar-refractivity contribution in [2.45, 2.75) is 52.2 Å². The maximum absolute atomic E-state index is 14.2. The second-order valence-corrected chi connectivity index (χ2v) is 13.4. The van der Waals surface area contributed by atoms with E-state index in [1.54, 1.807) is 31.2 Å². The molecule has 0 aromatic heterocycles. The van der Waals surface area contributed by atoms with Crippen LogP contribution in [-0.2, 0) is 32.6 Å². The van der Waals surface area contributed by atoms with E-state index in [-0.39, 0.29) is 24.3 Å². The fourth-order valence-electron chi connectivity index (χ4n) is 4.37. The summed E-state index contributed by atoms with van der Waals surface area (Å²) in [6.45, 7) is 6.38. The molecule has 0 spiro atoms. The highest BCUT2D eigenvalue weighted by Gasteiger charge is 2.35. The highest BCUT2D eigenvalue weighted by molar-refractivity contribution is 7.92. The van der Waals surface area contributed by atoms with E-state index in [1.165, 1.54) is 17.0 Å². The first-order valence-electron chi connectivity index (χ1n) is 13.2. The first-order valence-corrected chi connectivity index (χ1v) is 15.4. The lowest BCUT2D eigenvalue weighted by Crippen LogP contribution is -2.56. The number of hydrogen-bond donors (Lipinski definition) is 1. The molecule has 0 bridgehead atoms. The third-order valence-corrected chi connectivity index (χ3v) is 7.77. The maximum atomic E-state index is 14.2. The molecule has 0 saturated carbocycles. The monoisotopic (exact) mass is 614 g/mol. The van der Waals surface area contributed by atoms with Gasteiger partial charge in [0.15, 0.2) is 0 Å². The maximum Gasteiger partial charge on any atom is 0.271 e. The molecule has 12 heteroatoms. The van der Waals surface area contributed by atoms with Crippen LogP contribution in [0.1, 0.15) is 37.5 Å². The van der Waals surface area contributed by atoms with E-state index < -0.39 is 44.9 Å². The Morgan fingerprint density at radius 1 is 1.00 bits per heavy atom. The van der Waals surface area contributed by atoms with Gasteiger partial charge < -0.3 is 10.2 Å². The van der Waals surface area contributed by atoms with Crippen LogP contribution in [-0.4, -0.2) is 54.4 Å². The van der Waals surface area contributed by atoms with E-state index >= 15 is 0 Å². The van der Waals surface area contributed by atoms with Gasteiger partial charge in [0.05, 0.1) is 16.9 Å². The van der Waals surface area contributed by atoms with E-state index in [2.05, 4.69) is 5.32 Å². The lowest BCUT2D eigenvalue weighted by molar-refractivity contribution is -0.384. The molecule has 0 heterocycles. The van der Waals surface area contributed by atoms with Gasteiger partial charge >= 0.3 is 0 Å². The number of nitro groups is 1. The minimum absolute atomic E-state index is 0.00486. The molecule has 0 aliphatic heterocycles. The van der Waals surface area contributed by atoms with Crippen molar-refractivity contribution >= 4 is 44.8 Å². The second-order valence-electron chi connectivity index (χ2n) is 11.1. The molecule has 0 saturated heterocycles. The molecule has 3 aromatic rings. The van der Waals surface area contributed by atoms with Crippen molar-refractivity contribution in [2.24, 2.45) is 0 Å². The number of sulfonamides is 1. The number of benzene rings is 3. The summed E-state index contributed by atoms with van der Waals surface area (Å²) < 4.78 is 26.8. The number of nitrogens with zero attached hydrogens (tertiary/aromatic N) is 3. The van der Waals surface area contributed by atoms with Crippen molar-refractivity contribution in [1.29, 1.82) is 0 Å². The summed E-state index contributed by atoms with van der Waals surface area (Å²) in [5, 5.41) is 14.9. The van der Waals surface area contributed by atoms with Crippen LogP contribution in [0.5, 0.6) is 0 Å². The van der Waals surface area contributed by atoms with Crippen LogP contribution in [0.25, 0.3) is 0 Å². The summed E-state index contributed by atoms with van der Waals surface area (Å²) in [6.07, 6.45) is 1.09. The molecular formula is C30H35ClN4O6S. The fraction of sp³-hybridized carbons (Fsp3) is 0.333. The summed E-state index contributed by atoms with van der Waals surface area (Å²) in [7, 11) is -4.08. The van der Waals surface area contributed by atoms with Crippen molar-refractivity contribution in [1.82, 2.24) is 10.2 Å². The molecule has 10 nitrogen and oxygen atoms in total. The average Bonchev–Trinajstić information content (AvgIpc) is 2.89. The highest BCUT2D eigenvalue weighted by Crippen LogP contribution is 2.28. The van der Waals surface area contributed by atoms with E-state index in [4.69, 9.17) is 11.6 Å². The largest absolute Gasteiger partial charge is 0.350 e. The minimum atomic E-state index is -4.08. The number of amides is 2. The Kier molecular flexibility index (Phi) is 10.3. The van der Waals surface area contributed by atoms with Gasteiger partial charge in [-0.2, -0.15) is 0 Å². The number of rotatable bonds is 11. The van der Waals surface area contributed by atoms with Crippen LogP contribution >= 0.6 is 11.6 Å². The van der Waals surface area contributed by atoms with Crippen molar-refractivity contribution in [3.05, 3.63) is 105 Å². The molecule has 3 rings (SSSR count). The van der Waals surface area contributed by atoms with Crippen molar-refractivity contribution in [3.8, 4) is 0 Å². The summed E-state index contributed by atoms with van der Waals surface area (Å²) in [5.74, 6) is -1.07. The molecule has 2 amide bonds. The number of aryl methyl sites for hydroxylation is 1. The Labute approximate surface area is 251 Å². The fourth-order valence-corrected chi connectivity index (χ4v) is 5.39. The van der Waals surface area contributed by atoms with Gasteiger partial charge in [-0.3, -0.25) is 24.0 Å². The lowest BCUT2D eigenvalue weighted by Gasteiger charge is -2.35. The number of carbonyl (C=O) groups excluding carboxylic acids is 2. The molecule has 0 aliphatic carbocycles. The molecule has 0 fully saturated rings. The number of nitro benzene ring substituents is 1. The molecule has 224 valence electrons. The Hall–Kier alpha value is -3.96. The molecule has 0 radical (unpaired) electrons. The number of non-ortho nitro benzene ring substituents is 1. The zero-order chi connectivity index (χ0) is 31.2. The Morgan fingerprint density at radius 2 is 1.62 bits per heavy atom. The molecule has 42 heavy (non-hydrogen) atoms. The Morgan fingerprint density at radius 3 is 2.17 bits per heavy atom. The van der Waals surface area contributed by atoms with Gasteiger partial charge in [0.25, 0.3) is 5.69 Å². The standard InChI is InChI=1S/C30H35ClN4O6S/c1-21-11-16-25(35(38)39)18-26(21)34(42(5,40)41)20-28(36)33(19-23-12-14-24(31)15-13-23)27(29(37)32-30(2,3)4)17-22-9-7-6-8-10-22/h6-16,18,27H,17,19-20H2,1-5H3,(H,32,37)/t27-/m1/s1. The number of halogens is 1. The summed E-state index contributed by atoms with van der Waals surface area (Å²) in [5.41, 5.74) is 0.975. The van der Waals surface area contributed by atoms with Crippen LogP contribution in [0.3, 0.4) is 0 Å². The van der Waals surface area contributed by atoms with Crippen LogP contribution in [0, 0.1) is 17.0 Å². The van der Waals surface area contributed by atoms with E-state index in [0.717, 1.165) is 22.2 Å². The smallest absolute Gasteiger partial charge is 0.271 e. The quantitative estimate of drug-likeness (QED) is 0.242. The van der Waals surface area contributed by atoms with Gasteiger partial charge in [0, 0.05) is 35.7 Å². The lowest BCUT2D eigenvalue weighted by atomic mass is 10.0. The molecular weight excluding hydrogens is 580 g/mol. The van der Waals surface area contributed by atoms with Crippen molar-refractivity contribution in [2.75, 3.05) is 17.1 Å². The Balaban J connectivity index is 2.12. The topological polar surface area (TPSA) is 130 Å². The zero-order valence-electron chi connectivity index (χ0n) is 24.2. The molecule has 3 aromatic carbocycles. The van der Waals surface area contributed by atoms with Gasteiger partial charge in [-0.15, -0.1) is 0 Å². The summed E-state index contributed by atoms with van der Waals surface area (Å²) >= 11 is 6.07. The number of carbonyl (C=O) groups is 2. The SMILES string of the molecule is Cc1ccc([N+](=O)[O-])cc1N(CC(=O)N(Cc1ccc(Cl)cc1)[C@H](Cc1ccccc1)C(=O)NC(C)(C)C)S(C)(=O)=O. The second kappa shape index (κ2) is 13.3. The normalized spacial score (nSPS) is 12.3. The third kappa shape index (κ3) is 9.02. The first kappa shape index (κ1) is 32.6. The summed E-state index contributed by atoms with van der Waals surface area (Å²) in [4.78, 5) is 40.1. The van der Waals surface area contributed by atoms with Gasteiger partial charge in [0.2, 0.25) is 21.8 Å². The molecule has 0 unspecified atom stereocenters. The van der Waals surface area contributed by atoms with Gasteiger partial charge in [-0.25, -0.2) is 8.42 Å². The predicted octanol–water partition coefficient (Wildman–Crippen LogP) is 4.88. The number of hydrogen-bond acceptors (Lipinski definition) is 6. The zero-order valence-corrected chi connectivity index (χ0v) is 25.8. The van der Waals surface area contributed by atoms with E-state index in [9.17, 15) is 28.1 Å². The number of nitrogens with one attached hydrogen (secondary N) is 1. The van der Waals surface area contributed by atoms with E-state index in [0.29, 0.717) is 16.1 Å². The molecule has 1 N–H and O–H groups in total. The molecule has 0 aliphatic rings. The van der Waals surface area contributed by atoms with E-state index in [1.807, 2.05) is 51.1 Å². The van der Waals surface area contributed by atoms with Crippen LogP contribution in [0.2, 0.25) is 5.02 Å². The van der Waals surface area contributed by atoms with Crippen LogP contribution in [0.15, 0.2) is 72.8 Å². The van der Waals surface area contributed by atoms with Gasteiger partial charge in [0.1, 0.15) is 12.6 Å². The van der Waals surface area contributed by atoms with Gasteiger partial charge in [-0.1, -0.05) is 60.1 Å². The Bertz CT molecular complexity index is 1540. The predicted molar refractivity (Wildman–Crippen MR) is 164 cm³/mol. The summed E-state index contributed by atoms with van der Waals surface area (Å²) in [6, 6.07) is 18.8. The molecule has 1 atom stereocenters. The minimum Gasteiger partial charge on any atom is -0.350 e. The first-order chi connectivity index (χ1) is 19.5. The van der Waals surface area contributed by atoms with Crippen LogP contribution in [0.4, 0.5) is 11.4 Å². The van der Waals surface area contributed by atoms with Gasteiger partial charge in [-0.05, 0) is 56.5 Å². The van der Waals surface area contributed by atoms with Crippen molar-refractivity contribution < 1.29 is 22.9 Å². The highest BCUT2D eigenvalue weighted by atomic mass is 35.5. The number of anilines is 1.